The third kappa shape index (κ3) is 4.24. The molecule has 0 unspecified atom stereocenters. The van der Waals surface area contributed by atoms with Gasteiger partial charge in [-0.2, -0.15) is 0 Å². The van der Waals surface area contributed by atoms with Crippen LogP contribution in [0.3, 0.4) is 0 Å². The van der Waals surface area contributed by atoms with Crippen LogP contribution in [0.5, 0.6) is 0 Å². The fourth-order valence-electron chi connectivity index (χ4n) is 2.16. The molecule has 0 spiro atoms. The summed E-state index contributed by atoms with van der Waals surface area (Å²) in [4.78, 5) is 11.6. The van der Waals surface area contributed by atoms with E-state index in [-0.39, 0.29) is 11.6 Å². The molecule has 0 amide bonds. The first kappa shape index (κ1) is 18.7. The molecular weight excluding hydrogens is 390 g/mol. The quantitative estimate of drug-likeness (QED) is 0.596. The van der Waals surface area contributed by atoms with E-state index >= 15 is 0 Å². The summed E-state index contributed by atoms with van der Waals surface area (Å²) < 4.78 is 27.1. The summed E-state index contributed by atoms with van der Waals surface area (Å²) >= 11 is 3.21. The van der Waals surface area contributed by atoms with Crippen molar-refractivity contribution in [1.29, 1.82) is 0 Å². The number of rotatable bonds is 3. The maximum Gasteiger partial charge on any atom is 0.140 e. The zero-order valence-electron chi connectivity index (χ0n) is 13.4. The van der Waals surface area contributed by atoms with Gasteiger partial charge >= 0.3 is 0 Å². The van der Waals surface area contributed by atoms with E-state index in [0.29, 0.717) is 32.4 Å². The van der Waals surface area contributed by atoms with Crippen molar-refractivity contribution in [1.82, 2.24) is 9.97 Å². The van der Waals surface area contributed by atoms with Gasteiger partial charge in [0.2, 0.25) is 0 Å². The van der Waals surface area contributed by atoms with E-state index in [2.05, 4.69) is 49.5 Å². The Bertz CT molecular complexity index is 928. The number of benzene rings is 2. The Kier molecular flexibility index (Phi) is 6.30. The van der Waals surface area contributed by atoms with Crippen LogP contribution >= 0.6 is 15.9 Å². The zero-order valence-corrected chi connectivity index (χ0v) is 15.0. The molecule has 4 nitrogen and oxygen atoms in total. The van der Waals surface area contributed by atoms with Crippen molar-refractivity contribution >= 4 is 51.1 Å². The molecule has 0 saturated carbocycles. The number of fused-ring (bicyclic) bond motifs is 1. The highest BCUT2D eigenvalue weighted by molar-refractivity contribution is 9.10. The predicted molar refractivity (Wildman–Crippen MR) is 102 cm³/mol. The Morgan fingerprint density at radius 1 is 1.20 bits per heavy atom. The van der Waals surface area contributed by atoms with Crippen LogP contribution in [0, 0.1) is 11.6 Å². The van der Waals surface area contributed by atoms with Gasteiger partial charge in [-0.15, -0.1) is 0 Å². The van der Waals surface area contributed by atoms with Crippen LogP contribution in [0.15, 0.2) is 52.7 Å². The lowest BCUT2D eigenvalue weighted by atomic mass is 10.1. The SMILES string of the molecule is C=Cc1c(F)cccc1N=C.CNc1ncnc2cc(Br)cc(F)c12. The number of aliphatic imine (C=N–C) groups is 1. The first-order chi connectivity index (χ1) is 12.0. The topological polar surface area (TPSA) is 50.2 Å². The summed E-state index contributed by atoms with van der Waals surface area (Å²) in [7, 11) is 1.70. The van der Waals surface area contributed by atoms with E-state index in [1.165, 1.54) is 24.5 Å². The molecule has 7 heteroatoms. The number of hydrogen-bond donors (Lipinski definition) is 1. The Hall–Kier alpha value is -2.67. The van der Waals surface area contributed by atoms with Crippen molar-refractivity contribution in [2.45, 2.75) is 0 Å². The fourth-order valence-corrected chi connectivity index (χ4v) is 2.58. The van der Waals surface area contributed by atoms with Crippen molar-refractivity contribution in [3.63, 3.8) is 0 Å². The van der Waals surface area contributed by atoms with Gasteiger partial charge in [-0.1, -0.05) is 34.7 Å². The molecule has 1 heterocycles. The number of nitrogens with one attached hydrogen (secondary N) is 1. The summed E-state index contributed by atoms with van der Waals surface area (Å²) in [6.07, 6.45) is 2.83. The van der Waals surface area contributed by atoms with Gasteiger partial charge in [0.1, 0.15) is 23.8 Å². The monoisotopic (exact) mass is 404 g/mol. The minimum absolute atomic E-state index is 0.315. The molecule has 0 bridgehead atoms. The van der Waals surface area contributed by atoms with Gasteiger partial charge in [-0.25, -0.2) is 18.7 Å². The summed E-state index contributed by atoms with van der Waals surface area (Å²) in [5, 5.41) is 3.24. The summed E-state index contributed by atoms with van der Waals surface area (Å²) in [5.41, 5.74) is 1.51. The van der Waals surface area contributed by atoms with Crippen LogP contribution in [0.1, 0.15) is 5.56 Å². The molecule has 3 rings (SSSR count). The van der Waals surface area contributed by atoms with Gasteiger partial charge in [0.05, 0.1) is 16.6 Å². The Labute approximate surface area is 152 Å². The van der Waals surface area contributed by atoms with Crippen LogP contribution in [0.25, 0.3) is 17.0 Å². The highest BCUT2D eigenvalue weighted by Crippen LogP contribution is 2.26. The minimum Gasteiger partial charge on any atom is -0.372 e. The number of halogens is 3. The standard InChI is InChI=1S/C9H7BrFN3.C9H8FN/c1-12-9-8-6(11)2-5(10)3-7(8)13-4-14-9;1-3-7-8(10)5-4-6-9(7)11-2/h2-4H,1H3,(H,12,13,14);3-6H,1-2H2. The lowest BCUT2D eigenvalue weighted by molar-refractivity contribution is 0.625. The zero-order chi connectivity index (χ0) is 18.4. The fraction of sp³-hybridized carbons (Fsp3) is 0.0556. The summed E-state index contributed by atoms with van der Waals surface area (Å²) in [6.45, 7) is 6.79. The van der Waals surface area contributed by atoms with Gasteiger partial charge in [0.25, 0.3) is 0 Å². The molecule has 0 aliphatic heterocycles. The molecule has 128 valence electrons. The van der Waals surface area contributed by atoms with Crippen molar-refractivity contribution in [2.24, 2.45) is 4.99 Å². The van der Waals surface area contributed by atoms with Crippen molar-refractivity contribution in [3.8, 4) is 0 Å². The average molecular weight is 405 g/mol. The summed E-state index contributed by atoms with van der Waals surface area (Å²) in [6, 6.07) is 7.79. The van der Waals surface area contributed by atoms with E-state index in [9.17, 15) is 8.78 Å². The van der Waals surface area contributed by atoms with Gasteiger partial charge in [0, 0.05) is 17.1 Å². The maximum atomic E-state index is 13.5. The molecule has 1 aromatic heterocycles. The Morgan fingerprint density at radius 3 is 2.56 bits per heavy atom. The lowest BCUT2D eigenvalue weighted by Gasteiger charge is -2.04. The second kappa shape index (κ2) is 8.43. The highest BCUT2D eigenvalue weighted by atomic mass is 79.9. The third-order valence-electron chi connectivity index (χ3n) is 3.30. The van der Waals surface area contributed by atoms with Crippen molar-refractivity contribution in [2.75, 3.05) is 12.4 Å². The van der Waals surface area contributed by atoms with Crippen LogP contribution in [0.2, 0.25) is 0 Å². The number of hydrogen-bond acceptors (Lipinski definition) is 4. The van der Waals surface area contributed by atoms with E-state index in [1.807, 2.05) is 0 Å². The minimum atomic E-state index is -0.334. The second-order valence-corrected chi connectivity index (χ2v) is 5.70. The van der Waals surface area contributed by atoms with Gasteiger partial charge in [-0.05, 0) is 31.0 Å². The molecule has 0 atom stereocenters. The van der Waals surface area contributed by atoms with Gasteiger partial charge < -0.3 is 5.32 Å². The Balaban J connectivity index is 0.000000186. The first-order valence-corrected chi connectivity index (χ1v) is 7.96. The van der Waals surface area contributed by atoms with E-state index in [1.54, 1.807) is 25.2 Å². The normalized spacial score (nSPS) is 9.92. The van der Waals surface area contributed by atoms with Gasteiger partial charge in [-0.3, -0.25) is 4.99 Å². The largest absolute Gasteiger partial charge is 0.372 e. The molecular formula is C18H15BrF2N4. The van der Waals surface area contributed by atoms with E-state index < -0.39 is 0 Å². The molecule has 0 aliphatic rings. The van der Waals surface area contributed by atoms with Crippen molar-refractivity contribution < 1.29 is 8.78 Å². The molecule has 0 aliphatic carbocycles. The average Bonchev–Trinajstić information content (AvgIpc) is 2.61. The molecule has 25 heavy (non-hydrogen) atoms. The Morgan fingerprint density at radius 2 is 1.96 bits per heavy atom. The molecule has 0 fully saturated rings. The van der Waals surface area contributed by atoms with Crippen molar-refractivity contribution in [3.05, 3.63) is 64.9 Å². The van der Waals surface area contributed by atoms with E-state index in [4.69, 9.17) is 0 Å². The van der Waals surface area contributed by atoms with Crippen LogP contribution in [0.4, 0.5) is 20.3 Å². The second-order valence-electron chi connectivity index (χ2n) is 4.79. The van der Waals surface area contributed by atoms with E-state index in [0.717, 1.165) is 0 Å². The smallest absolute Gasteiger partial charge is 0.140 e. The van der Waals surface area contributed by atoms with Crippen LogP contribution in [-0.2, 0) is 0 Å². The lowest BCUT2D eigenvalue weighted by Crippen LogP contribution is -1.96. The van der Waals surface area contributed by atoms with Gasteiger partial charge in [0.15, 0.2) is 0 Å². The number of anilines is 1. The van der Waals surface area contributed by atoms with Crippen LogP contribution < -0.4 is 5.32 Å². The molecule has 0 radical (unpaired) electrons. The summed E-state index contributed by atoms with van der Waals surface area (Å²) in [5.74, 6) is -0.149. The molecule has 1 N–H and O–H groups in total. The predicted octanol–water partition coefficient (Wildman–Crippen LogP) is 5.37. The molecule has 3 aromatic rings. The highest BCUT2D eigenvalue weighted by Gasteiger charge is 2.08. The molecule has 0 saturated heterocycles. The molecule has 2 aromatic carbocycles. The number of aromatic nitrogens is 2. The maximum absolute atomic E-state index is 13.5. The third-order valence-corrected chi connectivity index (χ3v) is 3.75. The van der Waals surface area contributed by atoms with Crippen LogP contribution in [-0.4, -0.2) is 23.7 Å². The number of nitrogens with zero attached hydrogens (tertiary/aromatic N) is 3. The first-order valence-electron chi connectivity index (χ1n) is 7.17.